The topological polar surface area (TPSA) is 20.2 Å². The van der Waals surface area contributed by atoms with Gasteiger partial charge in [-0.15, -0.1) is 6.58 Å². The van der Waals surface area contributed by atoms with Crippen molar-refractivity contribution in [3.63, 3.8) is 0 Å². The van der Waals surface area contributed by atoms with Crippen LogP contribution in [0.2, 0.25) is 0 Å². The smallest absolute Gasteiger partial charge is 0.0605 e. The van der Waals surface area contributed by atoms with Crippen molar-refractivity contribution in [2.24, 2.45) is 5.41 Å². The zero-order valence-corrected chi connectivity index (χ0v) is 8.38. The molecule has 0 aliphatic rings. The van der Waals surface area contributed by atoms with Crippen molar-refractivity contribution < 1.29 is 5.11 Å². The third kappa shape index (κ3) is 2.49. The predicted molar refractivity (Wildman–Crippen MR) is 54.0 cm³/mol. The molecule has 0 aliphatic heterocycles. The summed E-state index contributed by atoms with van der Waals surface area (Å²) in [5, 5.41) is 9.63. The maximum Gasteiger partial charge on any atom is 0.0605 e. The van der Waals surface area contributed by atoms with E-state index in [4.69, 9.17) is 0 Å². The largest absolute Gasteiger partial charge is 0.393 e. The van der Waals surface area contributed by atoms with E-state index in [0.717, 1.165) is 12.8 Å². The van der Waals surface area contributed by atoms with Crippen molar-refractivity contribution in [3.05, 3.63) is 24.8 Å². The van der Waals surface area contributed by atoms with Gasteiger partial charge in [0, 0.05) is 5.41 Å². The van der Waals surface area contributed by atoms with E-state index in [-0.39, 0.29) is 11.5 Å². The lowest BCUT2D eigenvalue weighted by molar-refractivity contribution is 0.0731. The van der Waals surface area contributed by atoms with Gasteiger partial charge in [-0.05, 0) is 26.7 Å². The number of aliphatic hydroxyl groups excluding tert-OH is 1. The van der Waals surface area contributed by atoms with Crippen LogP contribution in [0.4, 0.5) is 0 Å². The quantitative estimate of drug-likeness (QED) is 0.626. The van der Waals surface area contributed by atoms with Crippen LogP contribution in [0, 0.1) is 5.41 Å². The molecule has 0 amide bonds. The number of rotatable bonds is 5. The first kappa shape index (κ1) is 11.4. The summed E-state index contributed by atoms with van der Waals surface area (Å²) in [5.74, 6) is 0. The van der Waals surface area contributed by atoms with Crippen molar-refractivity contribution in [2.45, 2.75) is 39.7 Å². The Hall–Kier alpha value is -0.560. The molecular formula is C11H20O. The molecule has 70 valence electrons. The minimum Gasteiger partial charge on any atom is -0.393 e. The highest BCUT2D eigenvalue weighted by Crippen LogP contribution is 2.32. The fraction of sp³-hybridized carbons (Fsp3) is 0.636. The maximum absolute atomic E-state index is 9.63. The molecule has 2 unspecified atom stereocenters. The molecule has 0 fully saturated rings. The van der Waals surface area contributed by atoms with Gasteiger partial charge in [0.25, 0.3) is 0 Å². The molecule has 0 aromatic rings. The minimum atomic E-state index is -0.309. The van der Waals surface area contributed by atoms with Gasteiger partial charge in [-0.2, -0.15) is 0 Å². The van der Waals surface area contributed by atoms with Gasteiger partial charge in [0.05, 0.1) is 6.10 Å². The summed E-state index contributed by atoms with van der Waals surface area (Å²) in [5.41, 5.74) is -0.101. The molecule has 0 heterocycles. The lowest BCUT2D eigenvalue weighted by Crippen LogP contribution is -2.29. The first-order valence-electron chi connectivity index (χ1n) is 4.55. The SMILES string of the molecule is C=CCC(C=CC)(CC)C(C)O. The molecule has 0 radical (unpaired) electrons. The van der Waals surface area contributed by atoms with Gasteiger partial charge >= 0.3 is 0 Å². The molecular weight excluding hydrogens is 148 g/mol. The van der Waals surface area contributed by atoms with Gasteiger partial charge in [0.2, 0.25) is 0 Å². The molecule has 0 aromatic carbocycles. The minimum absolute atomic E-state index is 0.101. The third-order valence-corrected chi connectivity index (χ3v) is 2.51. The molecule has 0 spiro atoms. The Kier molecular flexibility index (Phi) is 4.91. The second-order valence-corrected chi connectivity index (χ2v) is 3.26. The zero-order chi connectivity index (χ0) is 9.61. The molecule has 2 atom stereocenters. The second-order valence-electron chi connectivity index (χ2n) is 3.26. The zero-order valence-electron chi connectivity index (χ0n) is 8.38. The van der Waals surface area contributed by atoms with Gasteiger partial charge < -0.3 is 5.11 Å². The van der Waals surface area contributed by atoms with Crippen LogP contribution in [0.25, 0.3) is 0 Å². The van der Waals surface area contributed by atoms with Crippen LogP contribution >= 0.6 is 0 Å². The summed E-state index contributed by atoms with van der Waals surface area (Å²) in [6, 6.07) is 0. The second kappa shape index (κ2) is 5.15. The van der Waals surface area contributed by atoms with Crippen molar-refractivity contribution in [1.29, 1.82) is 0 Å². The monoisotopic (exact) mass is 168 g/mol. The Morgan fingerprint density at radius 2 is 2.17 bits per heavy atom. The van der Waals surface area contributed by atoms with Crippen LogP contribution < -0.4 is 0 Å². The first-order valence-corrected chi connectivity index (χ1v) is 4.55. The number of aliphatic hydroxyl groups is 1. The van der Waals surface area contributed by atoms with Gasteiger partial charge in [0.15, 0.2) is 0 Å². The van der Waals surface area contributed by atoms with Crippen LogP contribution in [0.1, 0.15) is 33.6 Å². The maximum atomic E-state index is 9.63. The van der Waals surface area contributed by atoms with E-state index in [1.54, 1.807) is 0 Å². The third-order valence-electron chi connectivity index (χ3n) is 2.51. The summed E-state index contributed by atoms with van der Waals surface area (Å²) in [7, 11) is 0. The normalized spacial score (nSPS) is 19.0. The summed E-state index contributed by atoms with van der Waals surface area (Å²) in [6.45, 7) is 9.63. The van der Waals surface area contributed by atoms with E-state index in [1.807, 2.05) is 26.0 Å². The van der Waals surface area contributed by atoms with Crippen molar-refractivity contribution in [2.75, 3.05) is 0 Å². The average molecular weight is 168 g/mol. The highest BCUT2D eigenvalue weighted by molar-refractivity contribution is 5.04. The number of hydrogen-bond donors (Lipinski definition) is 1. The Bertz CT molecular complexity index is 158. The van der Waals surface area contributed by atoms with Crippen LogP contribution in [-0.2, 0) is 0 Å². The summed E-state index contributed by atoms with van der Waals surface area (Å²) < 4.78 is 0. The van der Waals surface area contributed by atoms with Gasteiger partial charge in [-0.1, -0.05) is 25.2 Å². The Labute approximate surface area is 75.8 Å². The number of allylic oxidation sites excluding steroid dienone is 2. The first-order chi connectivity index (χ1) is 5.63. The molecule has 0 saturated carbocycles. The van der Waals surface area contributed by atoms with E-state index in [2.05, 4.69) is 19.6 Å². The van der Waals surface area contributed by atoms with Crippen molar-refractivity contribution in [1.82, 2.24) is 0 Å². The Morgan fingerprint density at radius 1 is 1.58 bits per heavy atom. The molecule has 12 heavy (non-hydrogen) atoms. The standard InChI is InChI=1S/C11H20O/c1-5-8-11(7-3,9-6-2)10(4)12/h5-6,9-10,12H,1,7-8H2,2-4H3. The van der Waals surface area contributed by atoms with Gasteiger partial charge in [-0.25, -0.2) is 0 Å². The molecule has 0 saturated heterocycles. The summed E-state index contributed by atoms with van der Waals surface area (Å²) >= 11 is 0. The van der Waals surface area contributed by atoms with E-state index < -0.39 is 0 Å². The van der Waals surface area contributed by atoms with Crippen LogP contribution in [0.5, 0.6) is 0 Å². The summed E-state index contributed by atoms with van der Waals surface area (Å²) in [6.07, 6.45) is 7.43. The lowest BCUT2D eigenvalue weighted by Gasteiger charge is -2.31. The van der Waals surface area contributed by atoms with Crippen LogP contribution in [0.3, 0.4) is 0 Å². The Morgan fingerprint density at radius 3 is 2.42 bits per heavy atom. The molecule has 0 rings (SSSR count). The van der Waals surface area contributed by atoms with Gasteiger partial charge in [-0.3, -0.25) is 0 Å². The molecule has 0 bridgehead atoms. The van der Waals surface area contributed by atoms with Gasteiger partial charge in [0.1, 0.15) is 0 Å². The number of hydrogen-bond acceptors (Lipinski definition) is 1. The highest BCUT2D eigenvalue weighted by Gasteiger charge is 2.28. The van der Waals surface area contributed by atoms with E-state index in [0.29, 0.717) is 0 Å². The van der Waals surface area contributed by atoms with Crippen molar-refractivity contribution in [3.8, 4) is 0 Å². The molecule has 1 nitrogen and oxygen atoms in total. The molecule has 1 heteroatoms. The van der Waals surface area contributed by atoms with Crippen molar-refractivity contribution >= 4 is 0 Å². The molecule has 0 aliphatic carbocycles. The van der Waals surface area contributed by atoms with Crippen LogP contribution in [0.15, 0.2) is 24.8 Å². The predicted octanol–water partition coefficient (Wildman–Crippen LogP) is 2.92. The molecule has 1 N–H and O–H groups in total. The lowest BCUT2D eigenvalue weighted by atomic mass is 9.77. The fourth-order valence-corrected chi connectivity index (χ4v) is 1.54. The fourth-order valence-electron chi connectivity index (χ4n) is 1.54. The van der Waals surface area contributed by atoms with E-state index in [9.17, 15) is 5.11 Å². The van der Waals surface area contributed by atoms with Crippen LogP contribution in [-0.4, -0.2) is 11.2 Å². The van der Waals surface area contributed by atoms with E-state index >= 15 is 0 Å². The Balaban J connectivity index is 4.61. The highest BCUT2D eigenvalue weighted by atomic mass is 16.3. The molecule has 0 aromatic heterocycles. The van der Waals surface area contributed by atoms with E-state index in [1.165, 1.54) is 0 Å². The average Bonchev–Trinajstić information content (AvgIpc) is 2.03. The summed E-state index contributed by atoms with van der Waals surface area (Å²) in [4.78, 5) is 0.